The van der Waals surface area contributed by atoms with Gasteiger partial charge in [0.15, 0.2) is 0 Å². The van der Waals surface area contributed by atoms with E-state index in [2.05, 4.69) is 45.7 Å². The highest BCUT2D eigenvalue weighted by atomic mass is 79.9. The minimum atomic E-state index is -0.209. The molecule has 0 aliphatic carbocycles. The van der Waals surface area contributed by atoms with E-state index in [1.165, 1.54) is 17.0 Å². The monoisotopic (exact) mass is 341 g/mol. The van der Waals surface area contributed by atoms with Crippen LogP contribution in [0.2, 0.25) is 0 Å². The number of hydrogen-bond donors (Lipinski definition) is 1. The quantitative estimate of drug-likeness (QED) is 0.753. The van der Waals surface area contributed by atoms with Gasteiger partial charge >= 0.3 is 0 Å². The molecule has 0 amide bonds. The molecule has 19 heavy (non-hydrogen) atoms. The van der Waals surface area contributed by atoms with Crippen molar-refractivity contribution < 1.29 is 4.39 Å². The molecule has 0 bridgehead atoms. The van der Waals surface area contributed by atoms with Crippen LogP contribution in [0.4, 0.5) is 4.39 Å². The maximum absolute atomic E-state index is 13.0. The van der Waals surface area contributed by atoms with E-state index in [9.17, 15) is 4.39 Å². The summed E-state index contributed by atoms with van der Waals surface area (Å²) in [5, 5.41) is 5.66. The van der Waals surface area contributed by atoms with E-state index in [1.807, 2.05) is 6.07 Å². The first-order valence-electron chi connectivity index (χ1n) is 6.41. The molecule has 2 aromatic rings. The molecule has 0 aliphatic rings. The fraction of sp³-hybridized carbons (Fsp3) is 0.333. The Bertz CT molecular complexity index is 513. The number of nitrogens with one attached hydrogen (secondary N) is 1. The molecule has 102 valence electrons. The van der Waals surface area contributed by atoms with Crippen LogP contribution in [0.5, 0.6) is 0 Å². The van der Waals surface area contributed by atoms with Gasteiger partial charge in [0.1, 0.15) is 5.82 Å². The largest absolute Gasteiger partial charge is 0.305 e. The third-order valence-corrected chi connectivity index (χ3v) is 4.74. The van der Waals surface area contributed by atoms with Gasteiger partial charge in [-0.05, 0) is 35.6 Å². The van der Waals surface area contributed by atoms with E-state index in [-0.39, 0.29) is 5.82 Å². The molecule has 1 nitrogen and oxygen atoms in total. The Balaban J connectivity index is 2.02. The molecule has 0 spiro atoms. The molecule has 1 unspecified atom stereocenters. The summed E-state index contributed by atoms with van der Waals surface area (Å²) in [6.45, 7) is 2.93. The maximum Gasteiger partial charge on any atom is 0.124 e. The second-order valence-corrected chi connectivity index (χ2v) is 6.31. The van der Waals surface area contributed by atoms with Gasteiger partial charge in [-0.15, -0.1) is 11.3 Å². The molecule has 1 atom stereocenters. The van der Waals surface area contributed by atoms with Gasteiger partial charge in [0, 0.05) is 21.9 Å². The summed E-state index contributed by atoms with van der Waals surface area (Å²) in [4.78, 5) is 1.36. The Morgan fingerprint density at radius 1 is 1.37 bits per heavy atom. The van der Waals surface area contributed by atoms with Gasteiger partial charge < -0.3 is 5.32 Å². The molecule has 4 heteroatoms. The highest BCUT2D eigenvalue weighted by Gasteiger charge is 2.11. The molecular weight excluding hydrogens is 325 g/mol. The molecule has 1 aromatic heterocycles. The molecule has 0 saturated heterocycles. The van der Waals surface area contributed by atoms with Crippen molar-refractivity contribution in [2.45, 2.75) is 32.4 Å². The third-order valence-electron chi connectivity index (χ3n) is 3.02. The van der Waals surface area contributed by atoms with Crippen LogP contribution in [0.3, 0.4) is 0 Å². The second kappa shape index (κ2) is 7.17. The van der Waals surface area contributed by atoms with Crippen molar-refractivity contribution in [2.24, 2.45) is 0 Å². The Morgan fingerprint density at radius 2 is 2.21 bits per heavy atom. The number of halogens is 2. The molecule has 1 aromatic carbocycles. The van der Waals surface area contributed by atoms with E-state index in [1.54, 1.807) is 11.3 Å². The Labute approximate surface area is 126 Å². The van der Waals surface area contributed by atoms with Crippen molar-refractivity contribution in [2.75, 3.05) is 0 Å². The van der Waals surface area contributed by atoms with Crippen LogP contribution >= 0.6 is 27.3 Å². The number of thiophene rings is 1. The Hall–Kier alpha value is -0.710. The zero-order valence-electron chi connectivity index (χ0n) is 10.8. The number of hydrogen-bond acceptors (Lipinski definition) is 2. The molecule has 1 N–H and O–H groups in total. The minimum Gasteiger partial charge on any atom is -0.305 e. The van der Waals surface area contributed by atoms with Crippen molar-refractivity contribution in [3.8, 4) is 0 Å². The van der Waals surface area contributed by atoms with E-state index in [0.29, 0.717) is 6.04 Å². The first-order chi connectivity index (χ1) is 9.20. The van der Waals surface area contributed by atoms with Crippen molar-refractivity contribution in [1.82, 2.24) is 5.32 Å². The van der Waals surface area contributed by atoms with Gasteiger partial charge in [-0.1, -0.05) is 41.4 Å². The lowest BCUT2D eigenvalue weighted by atomic mass is 10.1. The summed E-state index contributed by atoms with van der Waals surface area (Å²) >= 11 is 5.19. The lowest BCUT2D eigenvalue weighted by Crippen LogP contribution is -2.20. The van der Waals surface area contributed by atoms with E-state index in [4.69, 9.17) is 0 Å². The van der Waals surface area contributed by atoms with Crippen LogP contribution in [-0.2, 0) is 6.54 Å². The topological polar surface area (TPSA) is 12.0 Å². The number of benzene rings is 1. The summed E-state index contributed by atoms with van der Waals surface area (Å²) < 4.78 is 13.9. The third kappa shape index (κ3) is 4.13. The van der Waals surface area contributed by atoms with Crippen LogP contribution in [0, 0.1) is 5.82 Å². The van der Waals surface area contributed by atoms with Gasteiger partial charge in [-0.2, -0.15) is 0 Å². The molecule has 0 saturated carbocycles. The highest BCUT2D eigenvalue weighted by Crippen LogP contribution is 2.25. The van der Waals surface area contributed by atoms with Crippen molar-refractivity contribution in [3.05, 3.63) is 56.4 Å². The average Bonchev–Trinajstić information content (AvgIpc) is 2.90. The maximum atomic E-state index is 13.0. The predicted molar refractivity (Wildman–Crippen MR) is 82.9 cm³/mol. The number of rotatable bonds is 6. The molecule has 0 fully saturated rings. The van der Waals surface area contributed by atoms with E-state index < -0.39 is 0 Å². The molecular formula is C15H17BrFNS. The normalized spacial score (nSPS) is 12.6. The van der Waals surface area contributed by atoms with Crippen molar-refractivity contribution >= 4 is 27.3 Å². The average molecular weight is 342 g/mol. The first-order valence-corrected chi connectivity index (χ1v) is 8.08. The Morgan fingerprint density at radius 3 is 2.84 bits per heavy atom. The zero-order valence-corrected chi connectivity index (χ0v) is 13.2. The fourth-order valence-electron chi connectivity index (χ4n) is 2.02. The van der Waals surface area contributed by atoms with Crippen LogP contribution in [0.15, 0.2) is 40.2 Å². The fourth-order valence-corrected chi connectivity index (χ4v) is 3.35. The van der Waals surface area contributed by atoms with Crippen molar-refractivity contribution in [3.63, 3.8) is 0 Å². The molecule has 1 heterocycles. The lowest BCUT2D eigenvalue weighted by Gasteiger charge is -2.17. The highest BCUT2D eigenvalue weighted by molar-refractivity contribution is 9.10. The zero-order chi connectivity index (χ0) is 13.7. The van der Waals surface area contributed by atoms with Gasteiger partial charge in [0.2, 0.25) is 0 Å². The summed E-state index contributed by atoms with van der Waals surface area (Å²) in [7, 11) is 0. The molecule has 2 rings (SSSR count). The van der Waals surface area contributed by atoms with Gasteiger partial charge in [0.05, 0.1) is 0 Å². The van der Waals surface area contributed by atoms with Gasteiger partial charge in [-0.3, -0.25) is 0 Å². The smallest absolute Gasteiger partial charge is 0.124 e. The van der Waals surface area contributed by atoms with Gasteiger partial charge in [0.25, 0.3) is 0 Å². The van der Waals surface area contributed by atoms with E-state index in [0.717, 1.165) is 29.4 Å². The van der Waals surface area contributed by atoms with Crippen molar-refractivity contribution in [1.29, 1.82) is 0 Å². The van der Waals surface area contributed by atoms with Crippen LogP contribution in [0.1, 0.15) is 36.2 Å². The SMILES string of the molecule is CCCC(NCc1ccc(F)cc1Br)c1cccs1. The summed E-state index contributed by atoms with van der Waals surface area (Å²) in [5.74, 6) is -0.209. The molecule has 0 aliphatic heterocycles. The van der Waals surface area contributed by atoms with Crippen LogP contribution in [0.25, 0.3) is 0 Å². The summed E-state index contributed by atoms with van der Waals surface area (Å²) in [6.07, 6.45) is 2.25. The van der Waals surface area contributed by atoms with Crippen LogP contribution < -0.4 is 5.32 Å². The second-order valence-electron chi connectivity index (χ2n) is 4.47. The standard InChI is InChI=1S/C15H17BrFNS/c1-2-4-14(15-5-3-8-19-15)18-10-11-6-7-12(17)9-13(11)16/h3,5-9,14,18H,2,4,10H2,1H3. The molecule has 0 radical (unpaired) electrons. The van der Waals surface area contributed by atoms with Gasteiger partial charge in [-0.25, -0.2) is 4.39 Å². The van der Waals surface area contributed by atoms with E-state index >= 15 is 0 Å². The van der Waals surface area contributed by atoms with Crippen LogP contribution in [-0.4, -0.2) is 0 Å². The Kier molecular flexibility index (Phi) is 5.55. The summed E-state index contributed by atoms with van der Waals surface area (Å²) in [5.41, 5.74) is 1.08. The first kappa shape index (κ1) is 14.7. The predicted octanol–water partition coefficient (Wildman–Crippen LogP) is 5.28. The summed E-state index contributed by atoms with van der Waals surface area (Å²) in [6, 6.07) is 9.46. The lowest BCUT2D eigenvalue weighted by molar-refractivity contribution is 0.499. The minimum absolute atomic E-state index is 0.209.